The summed E-state index contributed by atoms with van der Waals surface area (Å²) in [7, 11) is -2.22. The fraction of sp³-hybridized carbons (Fsp3) is 1.00. The Bertz CT molecular complexity index is 111. The molecule has 0 aromatic carbocycles. The van der Waals surface area contributed by atoms with E-state index < -0.39 is 8.25 Å². The molecule has 6 heteroatoms. The van der Waals surface area contributed by atoms with Gasteiger partial charge in [0.15, 0.2) is 0 Å². The molecule has 1 heterocycles. The number of hydrogen-bond donors (Lipinski definition) is 1. The van der Waals surface area contributed by atoms with Gasteiger partial charge in [0.1, 0.15) is 6.23 Å². The maximum atomic E-state index is 10.3. The zero-order valence-corrected chi connectivity index (χ0v) is 8.29. The van der Waals surface area contributed by atoms with Gasteiger partial charge in [0.25, 0.3) is 0 Å². The van der Waals surface area contributed by atoms with E-state index in [1.54, 1.807) is 0 Å². The molecule has 1 saturated heterocycles. The minimum Gasteiger partial charge on any atom is -0.310 e. The van der Waals surface area contributed by atoms with E-state index in [1.165, 1.54) is 0 Å². The number of rotatable bonds is 0. The molecule has 2 N–H and O–H groups in total. The van der Waals surface area contributed by atoms with Crippen LogP contribution in [0.15, 0.2) is 0 Å². The Kier molecular flexibility index (Phi) is 5.45. The fourth-order valence-corrected chi connectivity index (χ4v) is 1.19. The summed E-state index contributed by atoms with van der Waals surface area (Å²) in [4.78, 5) is 0. The third-order valence-electron chi connectivity index (χ3n) is 0.870. The molecular weight excluding hydrogens is 152 g/mol. The molecule has 0 saturated carbocycles. The van der Waals surface area contributed by atoms with Gasteiger partial charge in [-0.2, -0.15) is 0 Å². The van der Waals surface area contributed by atoms with E-state index in [2.05, 4.69) is 9.05 Å². The second kappa shape index (κ2) is 4.85. The summed E-state index contributed by atoms with van der Waals surface area (Å²) >= 11 is 0. The van der Waals surface area contributed by atoms with Gasteiger partial charge in [-0.1, -0.05) is 0 Å². The number of nitrogens with two attached hydrogens (primary N) is 1. The topological polar surface area (TPSA) is 61.5 Å². The molecule has 1 aliphatic heterocycles. The van der Waals surface area contributed by atoms with Gasteiger partial charge in [0, 0.05) is 36.0 Å². The predicted octanol–water partition coefficient (Wildman–Crippen LogP) is -0.283. The number of hydrogen-bond acceptors (Lipinski definition) is 4. The van der Waals surface area contributed by atoms with Crippen LogP contribution in [0.5, 0.6) is 0 Å². The molecule has 0 spiro atoms. The summed E-state index contributed by atoms with van der Waals surface area (Å²) in [5, 5.41) is 0. The van der Waals surface area contributed by atoms with E-state index in [0.29, 0.717) is 13.0 Å². The van der Waals surface area contributed by atoms with Gasteiger partial charge in [-0.3, -0.25) is 9.09 Å². The first-order chi connectivity index (χ1) is 3.79. The monoisotopic (exact) mass is 160 g/mol. The van der Waals surface area contributed by atoms with Crippen LogP contribution < -0.4 is 5.73 Å². The van der Waals surface area contributed by atoms with Crippen molar-refractivity contribution in [1.29, 1.82) is 0 Å². The van der Waals surface area contributed by atoms with Crippen molar-refractivity contribution in [1.82, 2.24) is 0 Å². The summed E-state index contributed by atoms with van der Waals surface area (Å²) in [5.41, 5.74) is 5.25. The van der Waals surface area contributed by atoms with E-state index in [1.807, 2.05) is 0 Å². The van der Waals surface area contributed by atoms with Crippen molar-refractivity contribution in [2.24, 2.45) is 5.73 Å². The summed E-state index contributed by atoms with van der Waals surface area (Å²) in [6, 6.07) is 0. The molecule has 9 heavy (non-hydrogen) atoms. The van der Waals surface area contributed by atoms with Crippen LogP contribution in [-0.2, 0) is 13.6 Å². The van der Waals surface area contributed by atoms with Crippen molar-refractivity contribution < 1.29 is 13.6 Å². The molecule has 1 radical (unpaired) electrons. The molecule has 1 aliphatic rings. The van der Waals surface area contributed by atoms with Gasteiger partial charge >= 0.3 is 8.25 Å². The van der Waals surface area contributed by atoms with Gasteiger partial charge in [-0.15, -0.1) is 0 Å². The Labute approximate surface area is 76.3 Å². The summed E-state index contributed by atoms with van der Waals surface area (Å²) in [6.07, 6.45) is 0.256. The van der Waals surface area contributed by atoms with Gasteiger partial charge in [-0.05, 0) is 0 Å². The Hall–Kier alpha value is 1.11. The molecule has 0 bridgehead atoms. The summed E-state index contributed by atoms with van der Waals surface area (Å²) in [6.45, 7) is 0.457. The van der Waals surface area contributed by atoms with Gasteiger partial charge < -0.3 is 10.3 Å². The van der Waals surface area contributed by atoms with Crippen molar-refractivity contribution in [3.8, 4) is 0 Å². The molecule has 0 aliphatic carbocycles. The largest absolute Gasteiger partial charge is 0.320 e. The first-order valence-electron chi connectivity index (χ1n) is 2.38. The summed E-state index contributed by atoms with van der Waals surface area (Å²) in [5.74, 6) is 0. The molecule has 0 aromatic rings. The van der Waals surface area contributed by atoms with E-state index in [4.69, 9.17) is 5.73 Å². The van der Waals surface area contributed by atoms with E-state index in [0.717, 1.165) is 0 Å². The molecule has 2 unspecified atom stereocenters. The zero-order valence-electron chi connectivity index (χ0n) is 5.29. The quantitative estimate of drug-likeness (QED) is 0.391. The molecule has 2 atom stereocenters. The fourth-order valence-electron chi connectivity index (χ4n) is 0.475. The van der Waals surface area contributed by atoms with E-state index >= 15 is 0 Å². The molecule has 4 nitrogen and oxygen atoms in total. The van der Waals surface area contributed by atoms with Crippen LogP contribution in [0.4, 0.5) is 0 Å². The molecule has 0 aromatic heterocycles. The molecule has 1 fully saturated rings. The molecule has 1 rings (SSSR count). The molecular formula is C3H8NNaO3P. The van der Waals surface area contributed by atoms with Crippen LogP contribution in [0, 0.1) is 0 Å². The van der Waals surface area contributed by atoms with Crippen molar-refractivity contribution in [2.45, 2.75) is 12.6 Å². The maximum absolute atomic E-state index is 10.3. The van der Waals surface area contributed by atoms with Crippen LogP contribution in [0.1, 0.15) is 6.42 Å². The van der Waals surface area contributed by atoms with E-state index in [-0.39, 0.29) is 35.8 Å². The van der Waals surface area contributed by atoms with Crippen LogP contribution in [0.3, 0.4) is 0 Å². The Morgan fingerprint density at radius 3 is 2.67 bits per heavy atom. The minimum absolute atomic E-state index is 0. The third-order valence-corrected chi connectivity index (χ3v) is 1.80. The van der Waals surface area contributed by atoms with E-state index in [9.17, 15) is 4.57 Å². The molecule has 0 amide bonds. The van der Waals surface area contributed by atoms with Crippen molar-refractivity contribution in [3.05, 3.63) is 0 Å². The van der Waals surface area contributed by atoms with Gasteiger partial charge in [-0.25, -0.2) is 0 Å². The predicted molar refractivity (Wildman–Crippen MR) is 34.4 cm³/mol. The zero-order chi connectivity index (χ0) is 5.98. The van der Waals surface area contributed by atoms with Crippen LogP contribution >= 0.6 is 8.25 Å². The van der Waals surface area contributed by atoms with Crippen molar-refractivity contribution in [2.75, 3.05) is 6.61 Å². The average Bonchev–Trinajstić information content (AvgIpc) is 1.64. The van der Waals surface area contributed by atoms with Gasteiger partial charge in [0.2, 0.25) is 0 Å². The summed E-state index contributed by atoms with van der Waals surface area (Å²) < 4.78 is 19.5. The first-order valence-corrected chi connectivity index (χ1v) is 3.60. The maximum Gasteiger partial charge on any atom is 0.320 e. The Morgan fingerprint density at radius 2 is 2.33 bits per heavy atom. The standard InChI is InChI=1S/C3H8NO3P.Na/c4-3-1-2-6-8(5)7-3;/h3,8H,1-2,4H2;. The smallest absolute Gasteiger partial charge is 0.310 e. The second-order valence-corrected chi connectivity index (χ2v) is 2.57. The SMILES string of the molecule is NC1CCO[PH](=O)O1.[Na]. The van der Waals surface area contributed by atoms with Crippen LogP contribution in [0.25, 0.3) is 0 Å². The minimum atomic E-state index is -2.22. The normalized spacial score (nSPS) is 35.2. The second-order valence-electron chi connectivity index (χ2n) is 1.54. The van der Waals surface area contributed by atoms with Crippen molar-refractivity contribution in [3.63, 3.8) is 0 Å². The van der Waals surface area contributed by atoms with Gasteiger partial charge in [0.05, 0.1) is 6.61 Å². The Balaban J connectivity index is 0.000000640. The average molecular weight is 160 g/mol. The third kappa shape index (κ3) is 3.73. The van der Waals surface area contributed by atoms with Crippen molar-refractivity contribution >= 4 is 37.8 Å². The first kappa shape index (κ1) is 10.1. The van der Waals surface area contributed by atoms with Crippen LogP contribution in [0.2, 0.25) is 0 Å². The molecule has 49 valence electrons. The van der Waals surface area contributed by atoms with Crippen LogP contribution in [-0.4, -0.2) is 42.4 Å². The Morgan fingerprint density at radius 1 is 1.67 bits per heavy atom.